The van der Waals surface area contributed by atoms with Crippen LogP contribution in [0.2, 0.25) is 5.02 Å². The molecule has 1 heterocycles. The molecule has 12 heteroatoms. The maximum atomic E-state index is 12.7. The molecule has 0 spiro atoms. The predicted molar refractivity (Wildman–Crippen MR) is 150 cm³/mol. The molecule has 3 amide bonds. The Kier molecular flexibility index (Phi) is 9.85. The highest BCUT2D eigenvalue weighted by Crippen LogP contribution is 2.37. The Morgan fingerprint density at radius 3 is 2.59 bits per heavy atom. The zero-order valence-electron chi connectivity index (χ0n) is 20.4. The van der Waals surface area contributed by atoms with E-state index in [0.717, 1.165) is 22.2 Å². The summed E-state index contributed by atoms with van der Waals surface area (Å²) in [6.45, 7) is 4.50. The monoisotopic (exact) mass is 658 g/mol. The molecule has 37 heavy (non-hydrogen) atoms. The number of thioether (sulfide) groups is 1. The van der Waals surface area contributed by atoms with Crippen LogP contribution in [-0.4, -0.2) is 54.3 Å². The van der Waals surface area contributed by atoms with Crippen LogP contribution in [0, 0.1) is 10.5 Å². The van der Waals surface area contributed by atoms with Crippen LogP contribution in [-0.2, 0) is 19.1 Å². The lowest BCUT2D eigenvalue weighted by Gasteiger charge is -2.14. The first-order valence-corrected chi connectivity index (χ1v) is 13.3. The van der Waals surface area contributed by atoms with E-state index >= 15 is 0 Å². The maximum absolute atomic E-state index is 12.7. The van der Waals surface area contributed by atoms with Crippen molar-refractivity contribution in [2.24, 2.45) is 0 Å². The Bertz CT molecular complexity index is 1280. The minimum absolute atomic E-state index is 0.157. The lowest BCUT2D eigenvalue weighted by molar-refractivity contribution is -0.149. The molecule has 1 aliphatic heterocycles. The second-order valence-corrected chi connectivity index (χ2v) is 10.7. The van der Waals surface area contributed by atoms with Crippen LogP contribution < -0.4 is 14.8 Å². The van der Waals surface area contributed by atoms with Crippen molar-refractivity contribution >= 4 is 80.7 Å². The van der Waals surface area contributed by atoms with Gasteiger partial charge >= 0.3 is 5.97 Å². The molecule has 0 unspecified atom stereocenters. The van der Waals surface area contributed by atoms with Gasteiger partial charge in [0.25, 0.3) is 17.1 Å². The number of nitrogens with zero attached hydrogens (tertiary/aromatic N) is 1. The molecule has 1 N–H and O–H groups in total. The van der Waals surface area contributed by atoms with E-state index in [4.69, 9.17) is 25.8 Å². The van der Waals surface area contributed by atoms with Gasteiger partial charge < -0.3 is 19.5 Å². The Labute approximate surface area is 237 Å². The summed E-state index contributed by atoms with van der Waals surface area (Å²) >= 11 is 8.86. The summed E-state index contributed by atoms with van der Waals surface area (Å²) in [5.41, 5.74) is 2.02. The van der Waals surface area contributed by atoms with Crippen molar-refractivity contribution in [3.8, 4) is 11.5 Å². The molecule has 2 aromatic carbocycles. The molecule has 1 aliphatic rings. The SMILES string of the molecule is COc1cc(/C=C2\SC(=O)N(CC(=O)OC(C)C)C2=O)cc(I)c1OCC(=O)Nc1ccc(C)c(Cl)c1. The van der Waals surface area contributed by atoms with Crippen LogP contribution in [0.1, 0.15) is 25.0 Å². The average molecular weight is 659 g/mol. The fourth-order valence-corrected chi connectivity index (χ4v) is 4.99. The third-order valence-corrected chi connectivity index (χ3v) is 7.00. The highest BCUT2D eigenvalue weighted by molar-refractivity contribution is 14.1. The molecule has 9 nitrogen and oxygen atoms in total. The third-order valence-electron chi connectivity index (χ3n) is 4.88. The largest absolute Gasteiger partial charge is 0.493 e. The molecule has 3 rings (SSSR count). The number of imide groups is 1. The van der Waals surface area contributed by atoms with Crippen LogP contribution in [0.5, 0.6) is 11.5 Å². The van der Waals surface area contributed by atoms with E-state index in [9.17, 15) is 19.2 Å². The van der Waals surface area contributed by atoms with Gasteiger partial charge in [0.05, 0.1) is 21.7 Å². The summed E-state index contributed by atoms with van der Waals surface area (Å²) in [4.78, 5) is 50.3. The maximum Gasteiger partial charge on any atom is 0.326 e. The van der Waals surface area contributed by atoms with Gasteiger partial charge in [-0.2, -0.15) is 0 Å². The van der Waals surface area contributed by atoms with Crippen LogP contribution in [0.4, 0.5) is 10.5 Å². The molecule has 0 saturated carbocycles. The lowest BCUT2D eigenvalue weighted by Crippen LogP contribution is -2.35. The number of hydrogen-bond acceptors (Lipinski definition) is 8. The van der Waals surface area contributed by atoms with Crippen LogP contribution >= 0.6 is 46.0 Å². The Morgan fingerprint density at radius 1 is 1.22 bits per heavy atom. The first-order chi connectivity index (χ1) is 17.5. The fourth-order valence-electron chi connectivity index (χ4n) is 3.19. The zero-order chi connectivity index (χ0) is 27.3. The Hall–Kier alpha value is -2.77. The third kappa shape index (κ3) is 7.62. The number of carbonyl (C=O) groups is 4. The highest BCUT2D eigenvalue weighted by Gasteiger charge is 2.37. The normalized spacial score (nSPS) is 14.4. The first kappa shape index (κ1) is 28.8. The average Bonchev–Trinajstić information content (AvgIpc) is 3.07. The number of esters is 1. The number of anilines is 1. The van der Waals surface area contributed by atoms with E-state index in [2.05, 4.69) is 5.32 Å². The predicted octanol–water partition coefficient (Wildman–Crippen LogP) is 5.27. The number of carbonyl (C=O) groups excluding carboxylic acids is 4. The molecule has 0 atom stereocenters. The summed E-state index contributed by atoms with van der Waals surface area (Å²) in [6, 6.07) is 8.54. The molecule has 0 aliphatic carbocycles. The van der Waals surface area contributed by atoms with Gasteiger partial charge in [-0.15, -0.1) is 0 Å². The number of amides is 3. The van der Waals surface area contributed by atoms with Crippen molar-refractivity contribution in [3.05, 3.63) is 55.0 Å². The fraction of sp³-hybridized carbons (Fsp3) is 0.280. The minimum Gasteiger partial charge on any atom is -0.493 e. The van der Waals surface area contributed by atoms with Gasteiger partial charge in [-0.05, 0) is 96.6 Å². The van der Waals surface area contributed by atoms with E-state index in [-0.39, 0.29) is 23.5 Å². The van der Waals surface area contributed by atoms with E-state index in [0.29, 0.717) is 31.3 Å². The Morgan fingerprint density at radius 2 is 1.95 bits per heavy atom. The van der Waals surface area contributed by atoms with Crippen molar-refractivity contribution in [2.75, 3.05) is 25.6 Å². The number of halogens is 2. The van der Waals surface area contributed by atoms with Gasteiger partial charge in [0.2, 0.25) is 0 Å². The van der Waals surface area contributed by atoms with Crippen LogP contribution in [0.25, 0.3) is 6.08 Å². The molecular weight excluding hydrogens is 635 g/mol. The van der Waals surface area contributed by atoms with E-state index in [1.165, 1.54) is 13.2 Å². The van der Waals surface area contributed by atoms with Gasteiger partial charge in [-0.1, -0.05) is 17.7 Å². The number of ether oxygens (including phenoxy) is 3. The van der Waals surface area contributed by atoms with Crippen molar-refractivity contribution in [1.82, 2.24) is 4.90 Å². The quantitative estimate of drug-likeness (QED) is 0.221. The van der Waals surface area contributed by atoms with E-state index < -0.39 is 23.7 Å². The highest BCUT2D eigenvalue weighted by atomic mass is 127. The van der Waals surface area contributed by atoms with Gasteiger partial charge in [-0.3, -0.25) is 24.1 Å². The summed E-state index contributed by atoms with van der Waals surface area (Å²) in [7, 11) is 1.45. The Balaban J connectivity index is 1.71. The molecule has 1 saturated heterocycles. The van der Waals surface area contributed by atoms with Gasteiger partial charge in [0, 0.05) is 10.7 Å². The van der Waals surface area contributed by atoms with Crippen molar-refractivity contribution in [3.63, 3.8) is 0 Å². The second kappa shape index (κ2) is 12.7. The number of aryl methyl sites for hydroxylation is 1. The van der Waals surface area contributed by atoms with E-state index in [1.54, 1.807) is 44.2 Å². The molecule has 0 radical (unpaired) electrons. The molecule has 196 valence electrons. The topological polar surface area (TPSA) is 111 Å². The standard InChI is InChI=1S/C25H24ClIN2O7S/c1-13(2)36-22(31)11-29-24(32)20(37-25(29)33)9-15-7-18(27)23(19(8-15)34-4)35-12-21(30)28-16-6-5-14(3)17(26)10-16/h5-10,13H,11-12H2,1-4H3,(H,28,30)/b20-9-. The minimum atomic E-state index is -0.661. The summed E-state index contributed by atoms with van der Waals surface area (Å²) in [6.07, 6.45) is 1.17. The molecule has 1 fully saturated rings. The number of methoxy groups -OCH3 is 1. The number of benzene rings is 2. The molecule has 0 bridgehead atoms. The van der Waals surface area contributed by atoms with E-state index in [1.807, 2.05) is 29.5 Å². The molecule has 2 aromatic rings. The second-order valence-electron chi connectivity index (χ2n) is 8.14. The van der Waals surface area contributed by atoms with Gasteiger partial charge in [-0.25, -0.2) is 0 Å². The summed E-state index contributed by atoms with van der Waals surface area (Å²) < 4.78 is 16.8. The zero-order valence-corrected chi connectivity index (χ0v) is 24.2. The lowest BCUT2D eigenvalue weighted by atomic mass is 10.2. The number of rotatable bonds is 9. The number of hydrogen-bond donors (Lipinski definition) is 1. The first-order valence-electron chi connectivity index (χ1n) is 11.0. The molecular formula is C25H24ClIN2O7S. The van der Waals surface area contributed by atoms with Crippen molar-refractivity contribution < 1.29 is 33.4 Å². The number of nitrogens with one attached hydrogen (secondary N) is 1. The van der Waals surface area contributed by atoms with Crippen LogP contribution in [0.15, 0.2) is 35.2 Å². The van der Waals surface area contributed by atoms with Crippen molar-refractivity contribution in [2.45, 2.75) is 26.9 Å². The van der Waals surface area contributed by atoms with Gasteiger partial charge in [0.1, 0.15) is 6.54 Å². The summed E-state index contributed by atoms with van der Waals surface area (Å²) in [5.74, 6) is -0.943. The van der Waals surface area contributed by atoms with Crippen molar-refractivity contribution in [1.29, 1.82) is 0 Å². The van der Waals surface area contributed by atoms with Gasteiger partial charge in [0.15, 0.2) is 18.1 Å². The smallest absolute Gasteiger partial charge is 0.326 e. The molecule has 0 aromatic heterocycles. The summed E-state index contributed by atoms with van der Waals surface area (Å²) in [5, 5.41) is 2.71. The van der Waals surface area contributed by atoms with Crippen LogP contribution in [0.3, 0.4) is 0 Å².